The van der Waals surface area contributed by atoms with E-state index in [1.54, 1.807) is 25.3 Å². The zero-order chi connectivity index (χ0) is 12.9. The van der Waals surface area contributed by atoms with Crippen molar-refractivity contribution in [2.24, 2.45) is 5.92 Å². The number of hydrogen-bond acceptors (Lipinski definition) is 1. The standard InChI is InChI=1S/C13H15F3O/c1-10(13(14,15)16)4-3-5-11-6-8-12(17-2)9-7-11/h3-4,6-10H,5H2,1-2H3. The van der Waals surface area contributed by atoms with Crippen LogP contribution in [0.3, 0.4) is 0 Å². The lowest BCUT2D eigenvalue weighted by atomic mass is 10.1. The minimum atomic E-state index is -4.16. The number of ether oxygens (including phenoxy) is 1. The Morgan fingerprint density at radius 2 is 1.82 bits per heavy atom. The lowest BCUT2D eigenvalue weighted by Crippen LogP contribution is -2.17. The molecule has 0 saturated heterocycles. The molecule has 1 rings (SSSR count). The van der Waals surface area contributed by atoms with E-state index in [2.05, 4.69) is 0 Å². The first-order valence-corrected chi connectivity index (χ1v) is 5.30. The van der Waals surface area contributed by atoms with Crippen molar-refractivity contribution in [3.8, 4) is 5.75 Å². The van der Waals surface area contributed by atoms with Crippen LogP contribution < -0.4 is 4.74 Å². The molecule has 0 bridgehead atoms. The quantitative estimate of drug-likeness (QED) is 0.727. The number of alkyl halides is 3. The molecule has 1 aromatic rings. The molecule has 17 heavy (non-hydrogen) atoms. The Morgan fingerprint density at radius 3 is 2.29 bits per heavy atom. The van der Waals surface area contributed by atoms with Gasteiger partial charge in [0.15, 0.2) is 0 Å². The molecule has 1 atom stereocenters. The van der Waals surface area contributed by atoms with Crippen molar-refractivity contribution in [3.63, 3.8) is 0 Å². The van der Waals surface area contributed by atoms with Gasteiger partial charge in [0.25, 0.3) is 0 Å². The van der Waals surface area contributed by atoms with E-state index in [0.29, 0.717) is 6.42 Å². The normalized spacial score (nSPS) is 13.9. The topological polar surface area (TPSA) is 9.23 Å². The second-order valence-electron chi connectivity index (χ2n) is 3.81. The molecule has 0 aliphatic heterocycles. The van der Waals surface area contributed by atoms with Crippen molar-refractivity contribution in [3.05, 3.63) is 42.0 Å². The number of rotatable bonds is 4. The van der Waals surface area contributed by atoms with E-state index in [9.17, 15) is 13.2 Å². The van der Waals surface area contributed by atoms with Crippen LogP contribution in [0.25, 0.3) is 0 Å². The molecule has 0 radical (unpaired) electrons. The predicted molar refractivity (Wildman–Crippen MR) is 61.1 cm³/mol. The fraction of sp³-hybridized carbons (Fsp3) is 0.385. The summed E-state index contributed by atoms with van der Waals surface area (Å²) in [6.07, 6.45) is -0.939. The van der Waals surface area contributed by atoms with E-state index < -0.39 is 12.1 Å². The summed E-state index contributed by atoms with van der Waals surface area (Å²) in [4.78, 5) is 0. The molecular formula is C13H15F3O. The van der Waals surface area contributed by atoms with E-state index in [-0.39, 0.29) is 0 Å². The number of methoxy groups -OCH3 is 1. The summed E-state index contributed by atoms with van der Waals surface area (Å²) in [6.45, 7) is 1.14. The molecule has 0 aromatic heterocycles. The van der Waals surface area contributed by atoms with Crippen LogP contribution in [0.5, 0.6) is 5.75 Å². The van der Waals surface area contributed by atoms with Gasteiger partial charge >= 0.3 is 6.18 Å². The van der Waals surface area contributed by atoms with E-state index in [1.165, 1.54) is 6.08 Å². The van der Waals surface area contributed by atoms with Crippen molar-refractivity contribution in [2.45, 2.75) is 19.5 Å². The minimum Gasteiger partial charge on any atom is -0.497 e. The fourth-order valence-corrected chi connectivity index (χ4v) is 1.28. The summed E-state index contributed by atoms with van der Waals surface area (Å²) in [6, 6.07) is 7.25. The van der Waals surface area contributed by atoms with Crippen LogP contribution in [0.15, 0.2) is 36.4 Å². The van der Waals surface area contributed by atoms with Gasteiger partial charge < -0.3 is 4.74 Å². The Labute approximate surface area is 98.9 Å². The van der Waals surface area contributed by atoms with Crippen LogP contribution in [-0.4, -0.2) is 13.3 Å². The Hall–Kier alpha value is -1.45. The molecule has 0 heterocycles. The summed E-state index contributed by atoms with van der Waals surface area (Å²) in [5.41, 5.74) is 0.955. The maximum absolute atomic E-state index is 12.2. The molecule has 0 aliphatic carbocycles. The summed E-state index contributed by atoms with van der Waals surface area (Å²) in [5, 5.41) is 0. The van der Waals surface area contributed by atoms with Crippen molar-refractivity contribution < 1.29 is 17.9 Å². The van der Waals surface area contributed by atoms with Gasteiger partial charge in [0.2, 0.25) is 0 Å². The molecule has 1 nitrogen and oxygen atoms in total. The SMILES string of the molecule is COc1ccc(CC=CC(C)C(F)(F)F)cc1. The van der Waals surface area contributed by atoms with Crippen molar-refractivity contribution in [1.82, 2.24) is 0 Å². The first-order chi connectivity index (χ1) is 7.93. The second kappa shape index (κ2) is 5.75. The van der Waals surface area contributed by atoms with Gasteiger partial charge in [0.1, 0.15) is 5.75 Å². The van der Waals surface area contributed by atoms with Gasteiger partial charge in [-0.2, -0.15) is 13.2 Å². The number of hydrogen-bond donors (Lipinski definition) is 0. The van der Waals surface area contributed by atoms with Crippen LogP contribution in [-0.2, 0) is 6.42 Å². The Balaban J connectivity index is 2.52. The fourth-order valence-electron chi connectivity index (χ4n) is 1.28. The van der Waals surface area contributed by atoms with Gasteiger partial charge in [0.05, 0.1) is 13.0 Å². The van der Waals surface area contributed by atoms with Crippen LogP contribution in [0, 0.1) is 5.92 Å². The second-order valence-corrected chi connectivity index (χ2v) is 3.81. The Bertz CT molecular complexity index is 365. The third-order valence-corrected chi connectivity index (χ3v) is 2.45. The van der Waals surface area contributed by atoms with E-state index in [1.807, 2.05) is 12.1 Å². The minimum absolute atomic E-state index is 0.490. The third-order valence-electron chi connectivity index (χ3n) is 2.45. The van der Waals surface area contributed by atoms with E-state index >= 15 is 0 Å². The molecule has 0 aliphatic rings. The largest absolute Gasteiger partial charge is 0.497 e. The summed E-state index contributed by atoms with van der Waals surface area (Å²) >= 11 is 0. The Kier molecular flexibility index (Phi) is 4.61. The van der Waals surface area contributed by atoms with Gasteiger partial charge in [-0.05, 0) is 24.1 Å². The average Bonchev–Trinajstić information content (AvgIpc) is 2.28. The van der Waals surface area contributed by atoms with Crippen LogP contribution in [0.4, 0.5) is 13.2 Å². The van der Waals surface area contributed by atoms with Gasteiger partial charge in [0, 0.05) is 0 Å². The summed E-state index contributed by atoms with van der Waals surface area (Å²) in [7, 11) is 1.57. The third kappa shape index (κ3) is 4.51. The lowest BCUT2D eigenvalue weighted by molar-refractivity contribution is -0.156. The summed E-state index contributed by atoms with van der Waals surface area (Å²) < 4.78 is 41.6. The van der Waals surface area contributed by atoms with Crippen molar-refractivity contribution in [1.29, 1.82) is 0 Å². The molecular weight excluding hydrogens is 229 g/mol. The maximum Gasteiger partial charge on any atom is 0.394 e. The lowest BCUT2D eigenvalue weighted by Gasteiger charge is -2.10. The molecule has 0 N–H and O–H groups in total. The molecule has 0 amide bonds. The highest BCUT2D eigenvalue weighted by molar-refractivity contribution is 5.28. The first kappa shape index (κ1) is 13.6. The molecule has 1 unspecified atom stereocenters. The number of halogens is 3. The number of benzene rings is 1. The van der Waals surface area contributed by atoms with E-state index in [0.717, 1.165) is 18.2 Å². The van der Waals surface area contributed by atoms with Crippen molar-refractivity contribution in [2.75, 3.05) is 7.11 Å². The molecule has 0 fully saturated rings. The smallest absolute Gasteiger partial charge is 0.394 e. The predicted octanol–water partition coefficient (Wildman–Crippen LogP) is 3.99. The van der Waals surface area contributed by atoms with Gasteiger partial charge in [-0.3, -0.25) is 0 Å². The van der Waals surface area contributed by atoms with Crippen LogP contribution >= 0.6 is 0 Å². The molecule has 4 heteroatoms. The average molecular weight is 244 g/mol. The molecule has 0 saturated carbocycles. The Morgan fingerprint density at radius 1 is 1.24 bits per heavy atom. The summed E-state index contributed by atoms with van der Waals surface area (Å²) in [5.74, 6) is -0.665. The highest BCUT2D eigenvalue weighted by Crippen LogP contribution is 2.26. The first-order valence-electron chi connectivity index (χ1n) is 5.30. The van der Waals surface area contributed by atoms with E-state index in [4.69, 9.17) is 4.74 Å². The highest BCUT2D eigenvalue weighted by atomic mass is 19.4. The molecule has 1 aromatic carbocycles. The highest BCUT2D eigenvalue weighted by Gasteiger charge is 2.33. The van der Waals surface area contributed by atoms with Gasteiger partial charge in [-0.25, -0.2) is 0 Å². The van der Waals surface area contributed by atoms with Crippen molar-refractivity contribution >= 4 is 0 Å². The van der Waals surface area contributed by atoms with Gasteiger partial charge in [-0.15, -0.1) is 0 Å². The van der Waals surface area contributed by atoms with Crippen LogP contribution in [0.1, 0.15) is 12.5 Å². The molecule has 94 valence electrons. The number of allylic oxidation sites excluding steroid dienone is 2. The van der Waals surface area contributed by atoms with Gasteiger partial charge in [-0.1, -0.05) is 31.2 Å². The van der Waals surface area contributed by atoms with Crippen LogP contribution in [0.2, 0.25) is 0 Å². The maximum atomic E-state index is 12.2. The monoisotopic (exact) mass is 244 g/mol. The molecule has 0 spiro atoms. The zero-order valence-electron chi connectivity index (χ0n) is 9.79. The zero-order valence-corrected chi connectivity index (χ0v) is 9.79.